The van der Waals surface area contributed by atoms with Crippen molar-refractivity contribution in [2.75, 3.05) is 13.1 Å². The lowest BCUT2D eigenvalue weighted by Gasteiger charge is -2.43. The van der Waals surface area contributed by atoms with Crippen LogP contribution in [-0.4, -0.2) is 61.4 Å². The van der Waals surface area contributed by atoms with Gasteiger partial charge in [-0.1, -0.05) is 18.2 Å². The van der Waals surface area contributed by atoms with Crippen LogP contribution in [0.2, 0.25) is 0 Å². The number of nitrogens with one attached hydrogen (secondary N) is 1. The van der Waals surface area contributed by atoms with Gasteiger partial charge in [-0.15, -0.1) is 0 Å². The van der Waals surface area contributed by atoms with E-state index in [0.29, 0.717) is 17.0 Å². The van der Waals surface area contributed by atoms with E-state index in [1.165, 1.54) is 6.42 Å². The van der Waals surface area contributed by atoms with Crippen LogP contribution >= 0.6 is 0 Å². The summed E-state index contributed by atoms with van der Waals surface area (Å²) in [6.45, 7) is 7.73. The highest BCUT2D eigenvalue weighted by atomic mass is 32.2. The molecule has 3 atom stereocenters. The van der Waals surface area contributed by atoms with Gasteiger partial charge in [-0.2, -0.15) is 0 Å². The van der Waals surface area contributed by atoms with Crippen LogP contribution in [0.4, 0.5) is 0 Å². The summed E-state index contributed by atoms with van der Waals surface area (Å²) in [4.78, 5) is 17.7. The van der Waals surface area contributed by atoms with Crippen LogP contribution in [0.25, 0.3) is 0 Å². The van der Waals surface area contributed by atoms with Crippen LogP contribution in [0.15, 0.2) is 35.2 Å². The summed E-state index contributed by atoms with van der Waals surface area (Å²) in [5.41, 5.74) is 0. The molecule has 0 unspecified atom stereocenters. The number of likely N-dealkylation sites (tertiary alicyclic amines) is 2. The molecule has 7 heteroatoms. The Bertz CT molecular complexity index is 750. The van der Waals surface area contributed by atoms with E-state index < -0.39 is 10.0 Å². The van der Waals surface area contributed by atoms with Gasteiger partial charge in [0.05, 0.1) is 10.9 Å². The number of amides is 1. The highest BCUT2D eigenvalue weighted by molar-refractivity contribution is 7.89. The van der Waals surface area contributed by atoms with E-state index in [2.05, 4.69) is 28.4 Å². The Morgan fingerprint density at radius 3 is 2.18 bits per heavy atom. The molecule has 1 N–H and O–H groups in total. The summed E-state index contributed by atoms with van der Waals surface area (Å²) in [6.07, 6.45) is 4.77. The number of hydrogen-bond donors (Lipinski definition) is 1. The zero-order chi connectivity index (χ0) is 20.3. The highest BCUT2D eigenvalue weighted by Gasteiger charge is 2.35. The van der Waals surface area contributed by atoms with Crippen molar-refractivity contribution in [2.24, 2.45) is 0 Å². The maximum Gasteiger partial charge on any atom is 0.240 e. The number of nitrogens with zero attached hydrogens (tertiary/aromatic N) is 2. The molecule has 0 spiro atoms. The monoisotopic (exact) mass is 407 g/mol. The van der Waals surface area contributed by atoms with Crippen molar-refractivity contribution >= 4 is 15.9 Å². The van der Waals surface area contributed by atoms with Crippen LogP contribution in [0.3, 0.4) is 0 Å². The molecule has 1 aromatic rings. The van der Waals surface area contributed by atoms with Crippen molar-refractivity contribution in [3.8, 4) is 0 Å². The first-order chi connectivity index (χ1) is 13.3. The molecule has 0 aliphatic carbocycles. The number of carbonyl (C=O) groups is 1. The molecular formula is C21H33N3O3S. The van der Waals surface area contributed by atoms with Crippen molar-refractivity contribution in [3.63, 3.8) is 0 Å². The average molecular weight is 408 g/mol. The molecule has 2 heterocycles. The van der Waals surface area contributed by atoms with Gasteiger partial charge in [-0.3, -0.25) is 9.69 Å². The maximum atomic E-state index is 13.1. The Kier molecular flexibility index (Phi) is 6.78. The predicted molar refractivity (Wildman–Crippen MR) is 110 cm³/mol. The zero-order valence-corrected chi connectivity index (χ0v) is 18.0. The normalized spacial score (nSPS) is 26.2. The summed E-state index contributed by atoms with van der Waals surface area (Å²) in [5, 5.41) is 0. The van der Waals surface area contributed by atoms with E-state index in [9.17, 15) is 13.2 Å². The minimum absolute atomic E-state index is 0.0865. The first kappa shape index (κ1) is 21.3. The molecule has 2 aliphatic rings. The fourth-order valence-corrected chi connectivity index (χ4v) is 5.85. The number of carbonyl (C=O) groups excluding carboxylic acids is 1. The number of benzene rings is 1. The molecule has 1 amide bonds. The average Bonchev–Trinajstić information content (AvgIpc) is 2.68. The van der Waals surface area contributed by atoms with Gasteiger partial charge in [0.25, 0.3) is 0 Å². The molecule has 3 rings (SSSR count). The Labute approximate surface area is 169 Å². The first-order valence-electron chi connectivity index (χ1n) is 10.4. The smallest absolute Gasteiger partial charge is 0.240 e. The SMILES string of the molecule is C[C@H](C(=O)N1[C@H](C)CCC[C@H]1C)N1CCC(NS(=O)(=O)c2ccccc2)CC1. The van der Waals surface area contributed by atoms with Gasteiger partial charge in [0.1, 0.15) is 0 Å². The van der Waals surface area contributed by atoms with Gasteiger partial charge in [-0.05, 0) is 65.0 Å². The Morgan fingerprint density at radius 1 is 1.04 bits per heavy atom. The summed E-state index contributed by atoms with van der Waals surface area (Å²) in [6, 6.07) is 8.84. The van der Waals surface area contributed by atoms with Crippen LogP contribution < -0.4 is 4.72 Å². The summed E-state index contributed by atoms with van der Waals surface area (Å²) >= 11 is 0. The van der Waals surface area contributed by atoms with Crippen LogP contribution in [-0.2, 0) is 14.8 Å². The molecule has 6 nitrogen and oxygen atoms in total. The molecule has 2 fully saturated rings. The van der Waals surface area contributed by atoms with Crippen LogP contribution in [0.5, 0.6) is 0 Å². The minimum atomic E-state index is -3.49. The van der Waals surface area contributed by atoms with Gasteiger partial charge >= 0.3 is 0 Å². The molecular weight excluding hydrogens is 374 g/mol. The number of hydrogen-bond acceptors (Lipinski definition) is 4. The molecule has 28 heavy (non-hydrogen) atoms. The van der Waals surface area contributed by atoms with Crippen molar-refractivity contribution in [2.45, 2.75) is 81.9 Å². The third-order valence-electron chi connectivity index (χ3n) is 6.26. The zero-order valence-electron chi connectivity index (χ0n) is 17.2. The summed E-state index contributed by atoms with van der Waals surface area (Å²) in [7, 11) is -3.49. The quantitative estimate of drug-likeness (QED) is 0.815. The Morgan fingerprint density at radius 2 is 1.61 bits per heavy atom. The number of piperidine rings is 2. The number of rotatable bonds is 5. The molecule has 0 radical (unpaired) electrons. The Balaban J connectivity index is 1.55. The summed E-state index contributed by atoms with van der Waals surface area (Å²) in [5.74, 6) is 0.211. The van der Waals surface area contributed by atoms with Crippen molar-refractivity contribution in [1.82, 2.24) is 14.5 Å². The predicted octanol–water partition coefficient (Wildman–Crippen LogP) is 2.61. The molecule has 2 saturated heterocycles. The Hall–Kier alpha value is -1.44. The third kappa shape index (κ3) is 4.75. The fourth-order valence-electron chi connectivity index (χ4n) is 4.52. The molecule has 0 saturated carbocycles. The first-order valence-corrected chi connectivity index (χ1v) is 11.9. The van der Waals surface area contributed by atoms with E-state index in [1.807, 2.05) is 6.92 Å². The van der Waals surface area contributed by atoms with Gasteiger partial charge in [0.2, 0.25) is 15.9 Å². The molecule has 156 valence electrons. The second-order valence-electron chi connectivity index (χ2n) is 8.30. The van der Waals surface area contributed by atoms with Crippen molar-refractivity contribution < 1.29 is 13.2 Å². The van der Waals surface area contributed by atoms with Gasteiger partial charge in [0.15, 0.2) is 0 Å². The lowest BCUT2D eigenvalue weighted by molar-refractivity contribution is -0.143. The second-order valence-corrected chi connectivity index (χ2v) is 10.0. The summed E-state index contributed by atoms with van der Waals surface area (Å²) < 4.78 is 27.9. The van der Waals surface area contributed by atoms with E-state index in [0.717, 1.165) is 38.8 Å². The standard InChI is InChI=1S/C21H33N3O3S/c1-16-8-7-9-17(2)24(16)21(25)18(3)23-14-12-19(13-15-23)22-28(26,27)20-10-5-4-6-11-20/h4-6,10-11,16-19,22H,7-9,12-15H2,1-3H3/t16-,17-,18-/m1/s1. The second kappa shape index (κ2) is 8.93. The molecule has 0 bridgehead atoms. The van der Waals surface area contributed by atoms with E-state index >= 15 is 0 Å². The lowest BCUT2D eigenvalue weighted by atomic mass is 9.96. The van der Waals surface area contributed by atoms with Crippen LogP contribution in [0.1, 0.15) is 52.9 Å². The van der Waals surface area contributed by atoms with Gasteiger partial charge < -0.3 is 4.90 Å². The van der Waals surface area contributed by atoms with Gasteiger partial charge in [-0.25, -0.2) is 13.1 Å². The van der Waals surface area contributed by atoms with Crippen molar-refractivity contribution in [3.05, 3.63) is 30.3 Å². The largest absolute Gasteiger partial charge is 0.336 e. The maximum absolute atomic E-state index is 13.1. The number of sulfonamides is 1. The van der Waals surface area contributed by atoms with E-state index in [4.69, 9.17) is 0 Å². The topological polar surface area (TPSA) is 69.7 Å². The van der Waals surface area contributed by atoms with Crippen LogP contribution in [0, 0.1) is 0 Å². The van der Waals surface area contributed by atoms with E-state index in [-0.39, 0.29) is 18.0 Å². The third-order valence-corrected chi connectivity index (χ3v) is 7.79. The fraction of sp³-hybridized carbons (Fsp3) is 0.667. The van der Waals surface area contributed by atoms with E-state index in [1.54, 1.807) is 30.3 Å². The molecule has 2 aliphatic heterocycles. The molecule has 0 aromatic heterocycles. The van der Waals surface area contributed by atoms with Crippen molar-refractivity contribution in [1.29, 1.82) is 0 Å². The highest BCUT2D eigenvalue weighted by Crippen LogP contribution is 2.25. The minimum Gasteiger partial charge on any atom is -0.336 e. The lowest BCUT2D eigenvalue weighted by Crippen LogP contribution is -2.56. The molecule has 1 aromatic carbocycles. The van der Waals surface area contributed by atoms with Gasteiger partial charge in [0, 0.05) is 31.2 Å².